The van der Waals surface area contributed by atoms with Crippen LogP contribution in [-0.2, 0) is 11.0 Å². The van der Waals surface area contributed by atoms with Crippen molar-refractivity contribution in [2.24, 2.45) is 0 Å². The van der Waals surface area contributed by atoms with E-state index in [1.807, 2.05) is 4.90 Å². The lowest BCUT2D eigenvalue weighted by molar-refractivity contribution is -0.137. The van der Waals surface area contributed by atoms with Crippen LogP contribution in [0.2, 0.25) is 5.02 Å². The molecule has 0 radical (unpaired) electrons. The number of nitrogens with one attached hydrogen (secondary N) is 1. The molecule has 2 amide bonds. The quantitative estimate of drug-likeness (QED) is 0.673. The Morgan fingerprint density at radius 2 is 1.90 bits per heavy atom. The lowest BCUT2D eigenvalue weighted by Crippen LogP contribution is -2.47. The van der Waals surface area contributed by atoms with Gasteiger partial charge in [0.25, 0.3) is 11.1 Å². The summed E-state index contributed by atoms with van der Waals surface area (Å²) >= 11 is 6.89. The van der Waals surface area contributed by atoms with Crippen molar-refractivity contribution in [2.75, 3.05) is 44.2 Å². The summed E-state index contributed by atoms with van der Waals surface area (Å²) in [6.07, 6.45) is -2.67. The van der Waals surface area contributed by atoms with E-state index in [-0.39, 0.29) is 22.1 Å². The molecule has 29 heavy (non-hydrogen) atoms. The number of carbonyl (C=O) groups excluding carboxylic acids is 2. The minimum absolute atomic E-state index is 0.0215. The molecule has 2 fully saturated rings. The number of hydrogen-bond donors (Lipinski definition) is 2. The number of imide groups is 1. The molecule has 3 rings (SSSR count). The highest BCUT2D eigenvalue weighted by atomic mass is 35.5. The first-order chi connectivity index (χ1) is 13.7. The summed E-state index contributed by atoms with van der Waals surface area (Å²) in [5.41, 5.74) is -0.378. The number of aliphatic hydroxyl groups excluding tert-OH is 1. The Labute approximate surface area is 174 Å². The van der Waals surface area contributed by atoms with Gasteiger partial charge in [0.1, 0.15) is 0 Å². The van der Waals surface area contributed by atoms with Crippen LogP contribution in [0.4, 0.5) is 23.7 Å². The largest absolute Gasteiger partial charge is 0.416 e. The molecule has 6 nitrogen and oxygen atoms in total. The van der Waals surface area contributed by atoms with Gasteiger partial charge in [-0.05, 0) is 36.4 Å². The fraction of sp³-hybridized carbons (Fsp3) is 0.444. The molecular formula is C18H19ClF3N3O3S. The van der Waals surface area contributed by atoms with E-state index in [1.165, 1.54) is 6.08 Å². The van der Waals surface area contributed by atoms with Crippen LogP contribution in [0.1, 0.15) is 17.5 Å². The van der Waals surface area contributed by atoms with Crippen LogP contribution < -0.4 is 10.2 Å². The number of hydrogen-bond acceptors (Lipinski definition) is 6. The Balaban J connectivity index is 1.95. The van der Waals surface area contributed by atoms with Crippen molar-refractivity contribution in [1.29, 1.82) is 0 Å². The number of alkyl halides is 3. The van der Waals surface area contributed by atoms with E-state index < -0.39 is 22.9 Å². The van der Waals surface area contributed by atoms with E-state index >= 15 is 0 Å². The highest BCUT2D eigenvalue weighted by molar-refractivity contribution is 8.18. The molecule has 2 aliphatic heterocycles. The molecule has 0 saturated carbocycles. The number of piperazine rings is 1. The normalized spacial score (nSPS) is 19.9. The zero-order valence-electron chi connectivity index (χ0n) is 15.3. The SMILES string of the molecule is O=C1NC(=O)/C(=C\c2cc(C(F)(F)F)cc(Cl)c2N2CCN(CCCO)CC2)S1. The first-order valence-electron chi connectivity index (χ1n) is 8.93. The lowest BCUT2D eigenvalue weighted by atomic mass is 10.0. The number of rotatable bonds is 5. The summed E-state index contributed by atoms with van der Waals surface area (Å²) in [7, 11) is 0. The second-order valence-electron chi connectivity index (χ2n) is 6.65. The molecule has 0 unspecified atom stereocenters. The number of carbonyl (C=O) groups is 2. The number of amides is 2. The Morgan fingerprint density at radius 1 is 1.21 bits per heavy atom. The van der Waals surface area contributed by atoms with E-state index in [2.05, 4.69) is 10.2 Å². The summed E-state index contributed by atoms with van der Waals surface area (Å²) in [5.74, 6) is -0.645. The van der Waals surface area contributed by atoms with Crippen molar-refractivity contribution in [3.05, 3.63) is 33.2 Å². The maximum Gasteiger partial charge on any atom is 0.416 e. The van der Waals surface area contributed by atoms with Crippen molar-refractivity contribution < 1.29 is 27.9 Å². The van der Waals surface area contributed by atoms with Crippen LogP contribution in [0.25, 0.3) is 6.08 Å². The van der Waals surface area contributed by atoms with E-state index in [0.717, 1.165) is 18.7 Å². The van der Waals surface area contributed by atoms with Gasteiger partial charge in [-0.3, -0.25) is 19.8 Å². The van der Waals surface area contributed by atoms with Crippen LogP contribution in [0.5, 0.6) is 0 Å². The maximum atomic E-state index is 13.3. The zero-order chi connectivity index (χ0) is 21.2. The molecule has 11 heteroatoms. The number of halogens is 4. The molecule has 0 bridgehead atoms. The first-order valence-corrected chi connectivity index (χ1v) is 10.1. The van der Waals surface area contributed by atoms with Gasteiger partial charge in [0.2, 0.25) is 0 Å². The van der Waals surface area contributed by atoms with Crippen LogP contribution in [0.3, 0.4) is 0 Å². The van der Waals surface area contributed by atoms with Crippen LogP contribution in [0, 0.1) is 0 Å². The van der Waals surface area contributed by atoms with Gasteiger partial charge >= 0.3 is 6.18 Å². The predicted octanol–water partition coefficient (Wildman–Crippen LogP) is 3.19. The lowest BCUT2D eigenvalue weighted by Gasteiger charge is -2.37. The molecule has 1 aromatic carbocycles. The van der Waals surface area contributed by atoms with Gasteiger partial charge in [0.15, 0.2) is 0 Å². The van der Waals surface area contributed by atoms with E-state index in [1.54, 1.807) is 0 Å². The Kier molecular flexibility index (Phi) is 6.77. The number of thioether (sulfide) groups is 1. The summed E-state index contributed by atoms with van der Waals surface area (Å²) in [6, 6.07) is 1.83. The van der Waals surface area contributed by atoms with Gasteiger partial charge in [0, 0.05) is 44.9 Å². The van der Waals surface area contributed by atoms with Crippen molar-refractivity contribution in [2.45, 2.75) is 12.6 Å². The Bertz CT molecular complexity index is 840. The first kappa shape index (κ1) is 21.9. The van der Waals surface area contributed by atoms with Crippen molar-refractivity contribution in [1.82, 2.24) is 10.2 Å². The molecule has 2 aliphatic rings. The van der Waals surface area contributed by atoms with E-state index in [0.29, 0.717) is 50.0 Å². The zero-order valence-corrected chi connectivity index (χ0v) is 16.8. The molecule has 0 spiro atoms. The summed E-state index contributed by atoms with van der Waals surface area (Å²) < 4.78 is 39.9. The number of anilines is 1. The summed E-state index contributed by atoms with van der Waals surface area (Å²) in [5, 5.41) is 10.4. The minimum atomic E-state index is -4.60. The fourth-order valence-electron chi connectivity index (χ4n) is 3.28. The minimum Gasteiger partial charge on any atom is -0.396 e. The third-order valence-electron chi connectivity index (χ3n) is 4.67. The van der Waals surface area contributed by atoms with Gasteiger partial charge in [-0.1, -0.05) is 11.6 Å². The van der Waals surface area contributed by atoms with Crippen LogP contribution >= 0.6 is 23.4 Å². The monoisotopic (exact) mass is 449 g/mol. The van der Waals surface area contributed by atoms with E-state index in [9.17, 15) is 22.8 Å². The van der Waals surface area contributed by atoms with Crippen LogP contribution in [0.15, 0.2) is 17.0 Å². The molecule has 2 saturated heterocycles. The Hall–Kier alpha value is -1.75. The number of aliphatic hydroxyl groups is 1. The number of nitrogens with zero attached hydrogens (tertiary/aromatic N) is 2. The van der Waals surface area contributed by atoms with E-state index in [4.69, 9.17) is 16.7 Å². The topological polar surface area (TPSA) is 72.9 Å². The molecule has 0 aliphatic carbocycles. The average Bonchev–Trinajstić information content (AvgIpc) is 2.96. The average molecular weight is 450 g/mol. The van der Waals surface area contributed by atoms with Crippen molar-refractivity contribution in [3.63, 3.8) is 0 Å². The molecule has 2 heterocycles. The third kappa shape index (κ3) is 5.25. The number of benzene rings is 1. The fourth-order valence-corrected chi connectivity index (χ4v) is 4.30. The van der Waals surface area contributed by atoms with Gasteiger partial charge in [-0.15, -0.1) is 0 Å². The summed E-state index contributed by atoms with van der Waals surface area (Å²) in [6.45, 7) is 3.24. The predicted molar refractivity (Wildman–Crippen MR) is 106 cm³/mol. The second kappa shape index (κ2) is 8.95. The molecule has 158 valence electrons. The highest BCUT2D eigenvalue weighted by Gasteiger charge is 2.34. The van der Waals surface area contributed by atoms with Gasteiger partial charge in [-0.25, -0.2) is 0 Å². The smallest absolute Gasteiger partial charge is 0.396 e. The standard InChI is InChI=1S/C18H19ClF3N3O3S/c19-13-10-12(18(20,21)22)8-11(9-14-16(27)23-17(28)29-14)15(13)25-5-3-24(4-6-25)2-1-7-26/h8-10,26H,1-7H2,(H,23,27,28)/b14-9+. The molecular weight excluding hydrogens is 431 g/mol. The second-order valence-corrected chi connectivity index (χ2v) is 8.07. The molecule has 0 aromatic heterocycles. The molecule has 2 N–H and O–H groups in total. The molecule has 1 aromatic rings. The summed E-state index contributed by atoms with van der Waals surface area (Å²) in [4.78, 5) is 27.3. The van der Waals surface area contributed by atoms with Crippen LogP contribution in [-0.4, -0.2) is 60.5 Å². The molecule has 0 atom stereocenters. The maximum absolute atomic E-state index is 13.3. The van der Waals surface area contributed by atoms with Crippen molar-refractivity contribution in [3.8, 4) is 0 Å². The van der Waals surface area contributed by atoms with Gasteiger partial charge in [0.05, 0.1) is 21.2 Å². The highest BCUT2D eigenvalue weighted by Crippen LogP contribution is 2.40. The van der Waals surface area contributed by atoms with Crippen molar-refractivity contribution >= 4 is 46.3 Å². The Morgan fingerprint density at radius 3 is 2.45 bits per heavy atom. The third-order valence-corrected chi connectivity index (χ3v) is 5.77. The van der Waals surface area contributed by atoms with Gasteiger partial charge < -0.3 is 10.0 Å². The van der Waals surface area contributed by atoms with Gasteiger partial charge in [-0.2, -0.15) is 13.2 Å².